The molecule has 0 saturated carbocycles. The SMILES string of the molecule is CN1CCOC(Cn2cc(CCN)nn2)C1. The lowest BCUT2D eigenvalue weighted by atomic mass is 10.3. The Bertz CT molecular complexity index is 327. The lowest BCUT2D eigenvalue weighted by Gasteiger charge is -2.29. The molecule has 90 valence electrons. The summed E-state index contributed by atoms with van der Waals surface area (Å²) >= 11 is 0. The highest BCUT2D eigenvalue weighted by Gasteiger charge is 2.18. The van der Waals surface area contributed by atoms with Crippen LogP contribution in [-0.4, -0.2) is 59.3 Å². The van der Waals surface area contributed by atoms with Crippen LogP contribution in [0.4, 0.5) is 0 Å². The minimum Gasteiger partial charge on any atom is -0.374 e. The first-order chi connectivity index (χ1) is 7.78. The molecule has 1 aromatic heterocycles. The van der Waals surface area contributed by atoms with Gasteiger partial charge in [0.15, 0.2) is 0 Å². The van der Waals surface area contributed by atoms with Gasteiger partial charge < -0.3 is 15.4 Å². The van der Waals surface area contributed by atoms with E-state index in [1.54, 1.807) is 0 Å². The lowest BCUT2D eigenvalue weighted by Crippen LogP contribution is -2.42. The third kappa shape index (κ3) is 3.01. The summed E-state index contributed by atoms with van der Waals surface area (Å²) in [5.41, 5.74) is 6.41. The second-order valence-corrected chi connectivity index (χ2v) is 4.23. The van der Waals surface area contributed by atoms with Crippen LogP contribution in [-0.2, 0) is 17.7 Å². The fourth-order valence-electron chi connectivity index (χ4n) is 1.88. The maximum atomic E-state index is 5.67. The molecule has 1 atom stereocenters. The quantitative estimate of drug-likeness (QED) is 0.720. The first-order valence-corrected chi connectivity index (χ1v) is 5.67. The summed E-state index contributed by atoms with van der Waals surface area (Å²) in [6, 6.07) is 0. The molecule has 2 rings (SSSR count). The van der Waals surface area contributed by atoms with E-state index in [1.807, 2.05) is 10.9 Å². The molecule has 1 unspecified atom stereocenters. The van der Waals surface area contributed by atoms with Crippen LogP contribution in [0.3, 0.4) is 0 Å². The number of ether oxygens (including phenoxy) is 1. The Labute approximate surface area is 95.4 Å². The molecule has 1 fully saturated rings. The van der Waals surface area contributed by atoms with Gasteiger partial charge in [0.05, 0.1) is 24.9 Å². The summed E-state index contributed by atoms with van der Waals surface area (Å²) in [6.45, 7) is 4.13. The standard InChI is InChI=1S/C10H19N5O/c1-14-4-5-16-10(7-14)8-15-6-9(2-3-11)12-13-15/h6,10H,2-5,7-8,11H2,1H3. The molecule has 2 heterocycles. The topological polar surface area (TPSA) is 69.2 Å². The van der Waals surface area contributed by atoms with Gasteiger partial charge in [-0.05, 0) is 13.6 Å². The first-order valence-electron chi connectivity index (χ1n) is 5.67. The molecule has 1 aliphatic rings. The average molecular weight is 225 g/mol. The number of rotatable bonds is 4. The Balaban J connectivity index is 1.87. The molecule has 0 aromatic carbocycles. The Morgan fingerprint density at radius 1 is 1.62 bits per heavy atom. The molecule has 16 heavy (non-hydrogen) atoms. The van der Waals surface area contributed by atoms with Gasteiger partial charge in [-0.3, -0.25) is 0 Å². The number of morpholine rings is 1. The van der Waals surface area contributed by atoms with E-state index < -0.39 is 0 Å². The highest BCUT2D eigenvalue weighted by atomic mass is 16.5. The van der Waals surface area contributed by atoms with Gasteiger partial charge in [-0.2, -0.15) is 0 Å². The number of likely N-dealkylation sites (N-methyl/N-ethyl adjacent to an activating group) is 1. The molecule has 0 radical (unpaired) electrons. The first kappa shape index (κ1) is 11.5. The van der Waals surface area contributed by atoms with E-state index in [0.717, 1.165) is 38.4 Å². The fraction of sp³-hybridized carbons (Fsp3) is 0.800. The predicted molar refractivity (Wildman–Crippen MR) is 60.0 cm³/mol. The van der Waals surface area contributed by atoms with Gasteiger partial charge in [0.2, 0.25) is 0 Å². The van der Waals surface area contributed by atoms with E-state index in [4.69, 9.17) is 10.5 Å². The van der Waals surface area contributed by atoms with Crippen molar-refractivity contribution in [1.29, 1.82) is 0 Å². The zero-order valence-corrected chi connectivity index (χ0v) is 9.67. The second-order valence-electron chi connectivity index (χ2n) is 4.23. The minimum atomic E-state index is 0.214. The maximum Gasteiger partial charge on any atom is 0.0898 e. The summed E-state index contributed by atoms with van der Waals surface area (Å²) in [6.07, 6.45) is 2.95. The van der Waals surface area contributed by atoms with E-state index in [-0.39, 0.29) is 6.10 Å². The normalized spacial score (nSPS) is 22.5. The molecular formula is C10H19N5O. The minimum absolute atomic E-state index is 0.214. The number of nitrogens with zero attached hydrogens (tertiary/aromatic N) is 4. The Morgan fingerprint density at radius 3 is 3.25 bits per heavy atom. The predicted octanol–water partition coefficient (Wildman–Crippen LogP) is -0.890. The van der Waals surface area contributed by atoms with Gasteiger partial charge in [0, 0.05) is 25.7 Å². The molecule has 0 bridgehead atoms. The van der Waals surface area contributed by atoms with E-state index in [1.165, 1.54) is 0 Å². The highest BCUT2D eigenvalue weighted by molar-refractivity contribution is 4.92. The van der Waals surface area contributed by atoms with Crippen molar-refractivity contribution in [3.63, 3.8) is 0 Å². The van der Waals surface area contributed by atoms with Crippen LogP contribution >= 0.6 is 0 Å². The van der Waals surface area contributed by atoms with Crippen molar-refractivity contribution in [1.82, 2.24) is 19.9 Å². The fourth-order valence-corrected chi connectivity index (χ4v) is 1.88. The number of hydrogen-bond donors (Lipinski definition) is 1. The number of nitrogens with two attached hydrogens (primary N) is 1. The largest absolute Gasteiger partial charge is 0.374 e. The zero-order chi connectivity index (χ0) is 11.4. The van der Waals surface area contributed by atoms with Gasteiger partial charge in [0.25, 0.3) is 0 Å². The summed E-state index contributed by atoms with van der Waals surface area (Å²) < 4.78 is 7.51. The third-order valence-corrected chi connectivity index (χ3v) is 2.72. The highest BCUT2D eigenvalue weighted by Crippen LogP contribution is 2.05. The summed E-state index contributed by atoms with van der Waals surface area (Å²) in [5, 5.41) is 8.12. The molecule has 6 heteroatoms. The van der Waals surface area contributed by atoms with E-state index in [0.29, 0.717) is 6.54 Å². The summed E-state index contributed by atoms with van der Waals surface area (Å²) in [4.78, 5) is 2.27. The van der Waals surface area contributed by atoms with Crippen LogP contribution in [0, 0.1) is 0 Å². The molecular weight excluding hydrogens is 206 g/mol. The van der Waals surface area contributed by atoms with Gasteiger partial charge in [-0.1, -0.05) is 5.21 Å². The molecule has 0 aliphatic carbocycles. The molecule has 6 nitrogen and oxygen atoms in total. The Hall–Kier alpha value is -0.980. The monoisotopic (exact) mass is 225 g/mol. The van der Waals surface area contributed by atoms with Crippen molar-refractivity contribution < 1.29 is 4.74 Å². The van der Waals surface area contributed by atoms with Gasteiger partial charge in [-0.15, -0.1) is 5.10 Å². The number of hydrogen-bond acceptors (Lipinski definition) is 5. The lowest BCUT2D eigenvalue weighted by molar-refractivity contribution is -0.0292. The van der Waals surface area contributed by atoms with E-state index in [2.05, 4.69) is 22.3 Å². The number of aromatic nitrogens is 3. The second kappa shape index (κ2) is 5.38. The van der Waals surface area contributed by atoms with Crippen LogP contribution in [0.25, 0.3) is 0 Å². The molecule has 1 aliphatic heterocycles. The average Bonchev–Trinajstić information content (AvgIpc) is 2.66. The van der Waals surface area contributed by atoms with Crippen molar-refractivity contribution in [3.05, 3.63) is 11.9 Å². The third-order valence-electron chi connectivity index (χ3n) is 2.72. The maximum absolute atomic E-state index is 5.67. The smallest absolute Gasteiger partial charge is 0.0898 e. The van der Waals surface area contributed by atoms with Crippen LogP contribution < -0.4 is 5.73 Å². The molecule has 1 aromatic rings. The summed E-state index contributed by atoms with van der Waals surface area (Å²) in [7, 11) is 2.11. The van der Waals surface area contributed by atoms with Crippen molar-refractivity contribution in [2.24, 2.45) is 5.73 Å². The summed E-state index contributed by atoms with van der Waals surface area (Å²) in [5.74, 6) is 0. The van der Waals surface area contributed by atoms with Crippen molar-refractivity contribution in [2.45, 2.75) is 19.1 Å². The van der Waals surface area contributed by atoms with Gasteiger partial charge in [0.1, 0.15) is 0 Å². The van der Waals surface area contributed by atoms with E-state index >= 15 is 0 Å². The molecule has 2 N–H and O–H groups in total. The zero-order valence-electron chi connectivity index (χ0n) is 9.67. The van der Waals surface area contributed by atoms with Gasteiger partial charge >= 0.3 is 0 Å². The van der Waals surface area contributed by atoms with E-state index in [9.17, 15) is 0 Å². The Kier molecular flexibility index (Phi) is 3.87. The van der Waals surface area contributed by atoms with Crippen LogP contribution in [0.1, 0.15) is 5.69 Å². The van der Waals surface area contributed by atoms with Crippen molar-refractivity contribution in [2.75, 3.05) is 33.3 Å². The van der Waals surface area contributed by atoms with Crippen molar-refractivity contribution in [3.8, 4) is 0 Å². The Morgan fingerprint density at radius 2 is 2.50 bits per heavy atom. The van der Waals surface area contributed by atoms with Crippen molar-refractivity contribution >= 4 is 0 Å². The van der Waals surface area contributed by atoms with Crippen LogP contribution in [0.2, 0.25) is 0 Å². The van der Waals surface area contributed by atoms with Gasteiger partial charge in [-0.25, -0.2) is 4.68 Å². The molecule has 0 amide bonds. The van der Waals surface area contributed by atoms with Crippen LogP contribution in [0.15, 0.2) is 6.20 Å². The van der Waals surface area contributed by atoms with Crippen LogP contribution in [0.5, 0.6) is 0 Å². The molecule has 0 spiro atoms. The molecule has 1 saturated heterocycles.